The molecule has 0 spiro atoms. The van der Waals surface area contributed by atoms with E-state index in [0.29, 0.717) is 5.56 Å². The molecule has 0 unspecified atom stereocenters. The van der Waals surface area contributed by atoms with Gasteiger partial charge in [-0.1, -0.05) is 18.2 Å². The zero-order valence-electron chi connectivity index (χ0n) is 18.5. The van der Waals surface area contributed by atoms with E-state index in [4.69, 9.17) is 4.74 Å². The van der Waals surface area contributed by atoms with Gasteiger partial charge in [-0.25, -0.2) is 10.2 Å². The molecule has 1 aromatic heterocycles. The fourth-order valence-corrected chi connectivity index (χ4v) is 3.49. The average molecular weight is 418 g/mol. The highest BCUT2D eigenvalue weighted by molar-refractivity contribution is 5.89. The number of benzene rings is 2. The van der Waals surface area contributed by atoms with Crippen molar-refractivity contribution in [3.05, 3.63) is 87.7 Å². The average Bonchev–Trinajstić information content (AvgIpc) is 3.03. The predicted molar refractivity (Wildman–Crippen MR) is 122 cm³/mol. The van der Waals surface area contributed by atoms with Crippen LogP contribution in [0.4, 0.5) is 0 Å². The molecule has 6 nitrogen and oxygen atoms in total. The van der Waals surface area contributed by atoms with E-state index in [-0.39, 0.29) is 18.3 Å². The van der Waals surface area contributed by atoms with Crippen molar-refractivity contribution in [3.63, 3.8) is 0 Å². The fraction of sp³-hybridized carbons (Fsp3) is 0.240. The molecule has 0 aliphatic heterocycles. The van der Waals surface area contributed by atoms with Crippen molar-refractivity contribution in [3.8, 4) is 5.69 Å². The number of ether oxygens (including phenoxy) is 1. The number of amides is 1. The number of rotatable bonds is 6. The summed E-state index contributed by atoms with van der Waals surface area (Å²) in [5.74, 6) is -0.524. The number of methoxy groups -OCH3 is 1. The summed E-state index contributed by atoms with van der Waals surface area (Å²) in [6.07, 6.45) is 1.93. The van der Waals surface area contributed by atoms with Gasteiger partial charge in [0.05, 0.1) is 25.3 Å². The van der Waals surface area contributed by atoms with Gasteiger partial charge in [-0.3, -0.25) is 4.79 Å². The van der Waals surface area contributed by atoms with Crippen LogP contribution in [0.25, 0.3) is 5.69 Å². The molecule has 0 atom stereocenters. The van der Waals surface area contributed by atoms with Gasteiger partial charge in [0, 0.05) is 22.6 Å². The third-order valence-electron chi connectivity index (χ3n) is 5.35. The number of hydrogen-bond acceptors (Lipinski definition) is 4. The first kappa shape index (κ1) is 22.0. The van der Waals surface area contributed by atoms with Gasteiger partial charge in [0.2, 0.25) is 5.91 Å². The molecule has 0 radical (unpaired) electrons. The molecule has 0 aliphatic rings. The van der Waals surface area contributed by atoms with Crippen molar-refractivity contribution in [2.45, 2.75) is 34.1 Å². The van der Waals surface area contributed by atoms with Crippen LogP contribution in [0.3, 0.4) is 0 Å². The van der Waals surface area contributed by atoms with Crippen LogP contribution in [0.15, 0.2) is 53.6 Å². The Bertz CT molecular complexity index is 1140. The van der Waals surface area contributed by atoms with Gasteiger partial charge in [-0.15, -0.1) is 0 Å². The van der Waals surface area contributed by atoms with E-state index in [0.717, 1.165) is 28.2 Å². The van der Waals surface area contributed by atoms with Crippen molar-refractivity contribution >= 4 is 18.1 Å². The van der Waals surface area contributed by atoms with Gasteiger partial charge < -0.3 is 9.30 Å². The molecule has 0 bridgehead atoms. The largest absolute Gasteiger partial charge is 0.465 e. The minimum atomic E-state index is -0.364. The minimum absolute atomic E-state index is 0.160. The van der Waals surface area contributed by atoms with Crippen LogP contribution < -0.4 is 5.43 Å². The maximum atomic E-state index is 12.2. The van der Waals surface area contributed by atoms with Crippen LogP contribution in [0.5, 0.6) is 0 Å². The summed E-state index contributed by atoms with van der Waals surface area (Å²) in [7, 11) is 1.36. The van der Waals surface area contributed by atoms with Gasteiger partial charge in [0.15, 0.2) is 0 Å². The summed E-state index contributed by atoms with van der Waals surface area (Å²) >= 11 is 0. The highest BCUT2D eigenvalue weighted by Gasteiger charge is 2.11. The summed E-state index contributed by atoms with van der Waals surface area (Å²) in [5, 5.41) is 4.14. The second kappa shape index (κ2) is 9.43. The summed E-state index contributed by atoms with van der Waals surface area (Å²) in [4.78, 5) is 23.9. The molecule has 3 rings (SSSR count). The quantitative estimate of drug-likeness (QED) is 0.371. The standard InChI is InChI=1S/C25H27N3O3/c1-16-6-7-20(12-17(16)2)14-24(29)27-26-15-22-13-18(3)28(19(22)4)23-10-8-21(9-11-23)25(30)31-5/h6-13,15H,14H2,1-5H3,(H,27,29)/b26-15-. The number of hydrogen-bond donors (Lipinski definition) is 1. The fourth-order valence-electron chi connectivity index (χ4n) is 3.49. The van der Waals surface area contributed by atoms with Crippen LogP contribution in [0, 0.1) is 27.7 Å². The second-order valence-electron chi connectivity index (χ2n) is 7.59. The molecule has 160 valence electrons. The van der Waals surface area contributed by atoms with E-state index in [2.05, 4.69) is 15.1 Å². The van der Waals surface area contributed by atoms with E-state index < -0.39 is 0 Å². The number of hydrazone groups is 1. The Morgan fingerprint density at radius 3 is 2.35 bits per heavy atom. The number of aromatic nitrogens is 1. The predicted octanol–water partition coefficient (Wildman–Crippen LogP) is 4.19. The molecule has 2 aromatic carbocycles. The number of nitrogens with zero attached hydrogens (tertiary/aromatic N) is 2. The Morgan fingerprint density at radius 2 is 1.71 bits per heavy atom. The third-order valence-corrected chi connectivity index (χ3v) is 5.35. The van der Waals surface area contributed by atoms with Gasteiger partial charge in [-0.2, -0.15) is 5.10 Å². The molecule has 1 heterocycles. The Balaban J connectivity index is 1.70. The van der Waals surface area contributed by atoms with Crippen LogP contribution in [0.2, 0.25) is 0 Å². The first-order valence-corrected chi connectivity index (χ1v) is 10.1. The van der Waals surface area contributed by atoms with Gasteiger partial charge in [-0.05, 0) is 74.7 Å². The van der Waals surface area contributed by atoms with E-state index in [1.54, 1.807) is 18.3 Å². The molecule has 1 N–H and O–H groups in total. The first-order valence-electron chi connectivity index (χ1n) is 10.1. The molecule has 31 heavy (non-hydrogen) atoms. The lowest BCUT2D eigenvalue weighted by Crippen LogP contribution is -2.19. The minimum Gasteiger partial charge on any atom is -0.465 e. The monoisotopic (exact) mass is 417 g/mol. The number of aryl methyl sites for hydroxylation is 3. The van der Waals surface area contributed by atoms with Gasteiger partial charge >= 0.3 is 5.97 Å². The molecule has 0 saturated carbocycles. The van der Waals surface area contributed by atoms with E-state index in [1.807, 2.05) is 64.1 Å². The van der Waals surface area contributed by atoms with E-state index in [9.17, 15) is 9.59 Å². The lowest BCUT2D eigenvalue weighted by atomic mass is 10.0. The summed E-state index contributed by atoms with van der Waals surface area (Å²) < 4.78 is 6.82. The zero-order chi connectivity index (χ0) is 22.5. The van der Waals surface area contributed by atoms with Crippen LogP contribution in [0.1, 0.15) is 44.0 Å². The second-order valence-corrected chi connectivity index (χ2v) is 7.59. The maximum Gasteiger partial charge on any atom is 0.337 e. The zero-order valence-corrected chi connectivity index (χ0v) is 18.5. The molecule has 1 amide bonds. The molecule has 0 fully saturated rings. The smallest absolute Gasteiger partial charge is 0.337 e. The van der Waals surface area contributed by atoms with E-state index >= 15 is 0 Å². The Kier molecular flexibility index (Phi) is 6.70. The summed E-state index contributed by atoms with van der Waals surface area (Å²) in [5.41, 5.74) is 10.3. The SMILES string of the molecule is COC(=O)c1ccc(-n2c(C)cc(/C=N\NC(=O)Cc3ccc(C)c(C)c3)c2C)cc1. The number of carbonyl (C=O) groups is 2. The Labute approximate surface area is 182 Å². The topological polar surface area (TPSA) is 72.7 Å². The highest BCUT2D eigenvalue weighted by Crippen LogP contribution is 2.20. The van der Waals surface area contributed by atoms with Gasteiger partial charge in [0.1, 0.15) is 0 Å². The van der Waals surface area contributed by atoms with Crippen molar-refractivity contribution in [1.29, 1.82) is 0 Å². The summed E-state index contributed by atoms with van der Waals surface area (Å²) in [6, 6.07) is 15.2. The maximum absolute atomic E-state index is 12.2. The van der Waals surface area contributed by atoms with Crippen LogP contribution in [-0.2, 0) is 16.0 Å². The summed E-state index contributed by atoms with van der Waals surface area (Å²) in [6.45, 7) is 8.07. The first-order chi connectivity index (χ1) is 14.8. The number of esters is 1. The van der Waals surface area contributed by atoms with Crippen molar-refractivity contribution < 1.29 is 14.3 Å². The molecule has 3 aromatic rings. The normalized spacial score (nSPS) is 11.0. The number of carbonyl (C=O) groups excluding carboxylic acids is 2. The molecular weight excluding hydrogens is 390 g/mol. The molecule has 6 heteroatoms. The van der Waals surface area contributed by atoms with Crippen LogP contribution >= 0.6 is 0 Å². The highest BCUT2D eigenvalue weighted by atomic mass is 16.5. The van der Waals surface area contributed by atoms with Crippen molar-refractivity contribution in [2.75, 3.05) is 7.11 Å². The lowest BCUT2D eigenvalue weighted by molar-refractivity contribution is -0.120. The van der Waals surface area contributed by atoms with Crippen molar-refractivity contribution in [1.82, 2.24) is 9.99 Å². The van der Waals surface area contributed by atoms with Crippen molar-refractivity contribution in [2.24, 2.45) is 5.10 Å². The third kappa shape index (κ3) is 5.09. The van der Waals surface area contributed by atoms with E-state index in [1.165, 1.54) is 18.2 Å². The van der Waals surface area contributed by atoms with Gasteiger partial charge in [0.25, 0.3) is 0 Å². The Hall–Kier alpha value is -3.67. The molecule has 0 aliphatic carbocycles. The Morgan fingerprint density at radius 1 is 1.00 bits per heavy atom. The lowest BCUT2D eigenvalue weighted by Gasteiger charge is -2.10. The number of nitrogens with one attached hydrogen (secondary N) is 1. The molecular formula is C25H27N3O3. The van der Waals surface area contributed by atoms with Crippen LogP contribution in [-0.4, -0.2) is 29.8 Å². The molecule has 0 saturated heterocycles.